The van der Waals surface area contributed by atoms with E-state index in [9.17, 15) is 9.59 Å². The molecule has 0 amide bonds. The Bertz CT molecular complexity index is 957. The van der Waals surface area contributed by atoms with Gasteiger partial charge in [-0.1, -0.05) is 58.4 Å². The Hall–Kier alpha value is -1.58. The summed E-state index contributed by atoms with van der Waals surface area (Å²) in [6, 6.07) is 0. The molecule has 0 aromatic carbocycles. The van der Waals surface area contributed by atoms with Gasteiger partial charge in [-0.25, -0.2) is 4.79 Å². The zero-order valence-corrected chi connectivity index (χ0v) is 23.0. The Morgan fingerprint density at radius 1 is 1.09 bits per heavy atom. The van der Waals surface area contributed by atoms with Crippen LogP contribution in [-0.4, -0.2) is 24.1 Å². The molecule has 5 aliphatic rings. The summed E-state index contributed by atoms with van der Waals surface area (Å²) < 4.78 is 11.3. The van der Waals surface area contributed by atoms with Crippen molar-refractivity contribution in [3.8, 4) is 0 Å². The maximum absolute atomic E-state index is 14.5. The second kappa shape index (κ2) is 8.21. The third-order valence-corrected chi connectivity index (χ3v) is 11.6. The lowest BCUT2D eigenvalue weighted by molar-refractivity contribution is -0.168. The summed E-state index contributed by atoms with van der Waals surface area (Å²) in [5.41, 5.74) is 2.21. The molecule has 5 rings (SSSR count). The van der Waals surface area contributed by atoms with Crippen LogP contribution in [0.1, 0.15) is 93.4 Å². The third kappa shape index (κ3) is 3.51. The first-order chi connectivity index (χ1) is 16.3. The lowest BCUT2D eigenvalue weighted by atomic mass is 9.44. The second-order valence-corrected chi connectivity index (χ2v) is 14.1. The molecule has 4 saturated carbocycles. The predicted molar refractivity (Wildman–Crippen MR) is 138 cm³/mol. The number of hydrogen-bond acceptors (Lipinski definition) is 4. The Morgan fingerprint density at radius 3 is 2.49 bits per heavy atom. The van der Waals surface area contributed by atoms with E-state index in [2.05, 4.69) is 61.1 Å². The Kier molecular flexibility index (Phi) is 5.89. The maximum atomic E-state index is 14.5. The fourth-order valence-corrected chi connectivity index (χ4v) is 10.1. The van der Waals surface area contributed by atoms with Crippen LogP contribution in [0.3, 0.4) is 0 Å². The zero-order chi connectivity index (χ0) is 25.5. The SMILES string of the molecule is C=C1[C@@H]2C(=O)[C@@H]3[C@@H](CC[C@H]4C(C)(C)[C@H]5OC(=O)O[C@H]5C[C@]34C)[C@]2(C)CC[C@@H]1[C@H](C)CCC=C(C)C. The summed E-state index contributed by atoms with van der Waals surface area (Å²) >= 11 is 0. The average molecular weight is 483 g/mol. The number of carbonyl (C=O) groups excluding carboxylic acids is 2. The standard InChI is InChI=1S/C31H46O4/c1-17(2)10-9-11-18(3)20-14-15-30(7)21-12-13-23-29(5,6)27-22(34-28(33)35-27)16-31(23,8)25(21)26(32)24(30)19(20)4/h10,18,20-25,27H,4,9,11-16H2,1-3,5-8H3/t18-,20-,21-,22+,23+,24-,25+,27+,30+,31+/m1/s1. The topological polar surface area (TPSA) is 52.6 Å². The van der Waals surface area contributed by atoms with Gasteiger partial charge >= 0.3 is 6.16 Å². The number of carbonyl (C=O) groups is 2. The Morgan fingerprint density at radius 2 is 1.80 bits per heavy atom. The van der Waals surface area contributed by atoms with Gasteiger partial charge < -0.3 is 9.47 Å². The first-order valence-electron chi connectivity index (χ1n) is 14.1. The van der Waals surface area contributed by atoms with Crippen molar-refractivity contribution in [3.63, 3.8) is 0 Å². The van der Waals surface area contributed by atoms with Crippen molar-refractivity contribution < 1.29 is 19.1 Å². The highest BCUT2D eigenvalue weighted by molar-refractivity contribution is 5.91. The molecule has 1 aliphatic heterocycles. The van der Waals surface area contributed by atoms with E-state index in [-0.39, 0.29) is 40.3 Å². The highest BCUT2D eigenvalue weighted by atomic mass is 16.8. The van der Waals surface area contributed by atoms with Crippen LogP contribution in [0.5, 0.6) is 0 Å². The Balaban J connectivity index is 1.44. The molecule has 10 atom stereocenters. The molecule has 0 aromatic rings. The van der Waals surface area contributed by atoms with E-state index in [1.807, 2.05) is 0 Å². The molecule has 0 N–H and O–H groups in total. The van der Waals surface area contributed by atoms with E-state index in [0.717, 1.165) is 44.9 Å². The minimum atomic E-state index is -0.538. The van der Waals surface area contributed by atoms with Crippen LogP contribution in [0.15, 0.2) is 23.8 Å². The van der Waals surface area contributed by atoms with Crippen molar-refractivity contribution >= 4 is 11.9 Å². The van der Waals surface area contributed by atoms with Gasteiger partial charge in [0.15, 0.2) is 0 Å². The monoisotopic (exact) mass is 482 g/mol. The van der Waals surface area contributed by atoms with Crippen molar-refractivity contribution in [2.75, 3.05) is 0 Å². The molecular formula is C31H46O4. The van der Waals surface area contributed by atoms with Gasteiger partial charge in [-0.15, -0.1) is 0 Å². The van der Waals surface area contributed by atoms with E-state index in [1.54, 1.807) is 0 Å². The minimum Gasteiger partial charge on any atom is -0.427 e. The van der Waals surface area contributed by atoms with Crippen molar-refractivity contribution in [3.05, 3.63) is 23.8 Å². The molecule has 5 fully saturated rings. The number of Topliss-reactive ketones (excluding diaryl/α,β-unsaturated/α-hetero) is 1. The smallest absolute Gasteiger partial charge is 0.427 e. The molecular weight excluding hydrogens is 436 g/mol. The first kappa shape index (κ1) is 25.1. The normalized spacial score (nSPS) is 46.5. The van der Waals surface area contributed by atoms with Gasteiger partial charge in [0.25, 0.3) is 0 Å². The van der Waals surface area contributed by atoms with Crippen LogP contribution in [-0.2, 0) is 14.3 Å². The van der Waals surface area contributed by atoms with Crippen LogP contribution < -0.4 is 0 Å². The van der Waals surface area contributed by atoms with Gasteiger partial charge in [0.05, 0.1) is 0 Å². The summed E-state index contributed by atoms with van der Waals surface area (Å²) in [4.78, 5) is 26.6. The van der Waals surface area contributed by atoms with Crippen molar-refractivity contribution in [2.24, 2.45) is 51.8 Å². The number of rotatable bonds is 4. The Labute approximate surface area is 212 Å². The summed E-state index contributed by atoms with van der Waals surface area (Å²) in [6.45, 7) is 20.5. The van der Waals surface area contributed by atoms with Gasteiger partial charge in [0.1, 0.15) is 18.0 Å². The molecule has 35 heavy (non-hydrogen) atoms. The van der Waals surface area contributed by atoms with Gasteiger partial charge in [-0.3, -0.25) is 4.79 Å². The number of allylic oxidation sites excluding steroid dienone is 3. The lowest BCUT2D eigenvalue weighted by Crippen LogP contribution is -2.61. The van der Waals surface area contributed by atoms with E-state index in [4.69, 9.17) is 9.47 Å². The van der Waals surface area contributed by atoms with Crippen LogP contribution in [0, 0.1) is 51.8 Å². The molecule has 0 spiro atoms. The summed E-state index contributed by atoms with van der Waals surface area (Å²) in [5, 5.41) is 0. The van der Waals surface area contributed by atoms with Crippen LogP contribution in [0.4, 0.5) is 4.79 Å². The maximum Gasteiger partial charge on any atom is 0.509 e. The molecule has 0 radical (unpaired) electrons. The van der Waals surface area contributed by atoms with E-state index < -0.39 is 6.16 Å². The predicted octanol–water partition coefficient (Wildman–Crippen LogP) is 7.52. The molecule has 194 valence electrons. The minimum absolute atomic E-state index is 0.00673. The molecule has 0 unspecified atom stereocenters. The summed E-state index contributed by atoms with van der Waals surface area (Å²) in [6.07, 6.45) is 8.80. The highest BCUT2D eigenvalue weighted by Crippen LogP contribution is 2.71. The zero-order valence-electron chi connectivity index (χ0n) is 23.0. The van der Waals surface area contributed by atoms with Gasteiger partial charge in [0, 0.05) is 17.3 Å². The number of fused-ring (bicyclic) bond motifs is 6. The van der Waals surface area contributed by atoms with Crippen molar-refractivity contribution in [2.45, 2.75) is 106 Å². The van der Waals surface area contributed by atoms with Gasteiger partial charge in [-0.2, -0.15) is 0 Å². The van der Waals surface area contributed by atoms with Crippen LogP contribution in [0.2, 0.25) is 0 Å². The highest BCUT2D eigenvalue weighted by Gasteiger charge is 2.71. The van der Waals surface area contributed by atoms with Gasteiger partial charge in [-0.05, 0) is 93.3 Å². The summed E-state index contributed by atoms with van der Waals surface area (Å²) in [7, 11) is 0. The largest absolute Gasteiger partial charge is 0.509 e. The molecule has 4 aliphatic carbocycles. The van der Waals surface area contributed by atoms with Crippen LogP contribution >= 0.6 is 0 Å². The molecule has 1 heterocycles. The first-order valence-corrected chi connectivity index (χ1v) is 14.1. The quantitative estimate of drug-likeness (QED) is 0.307. The average Bonchev–Trinajstić information content (AvgIpc) is 3.23. The van der Waals surface area contributed by atoms with Crippen molar-refractivity contribution in [1.82, 2.24) is 0 Å². The number of hydrogen-bond donors (Lipinski definition) is 0. The third-order valence-electron chi connectivity index (χ3n) is 11.6. The second-order valence-electron chi connectivity index (χ2n) is 14.1. The number of ketones is 1. The van der Waals surface area contributed by atoms with E-state index >= 15 is 0 Å². The molecule has 0 aromatic heterocycles. The number of ether oxygens (including phenoxy) is 2. The fourth-order valence-electron chi connectivity index (χ4n) is 10.1. The van der Waals surface area contributed by atoms with Crippen LogP contribution in [0.25, 0.3) is 0 Å². The molecule has 4 heteroatoms. The lowest BCUT2D eigenvalue weighted by Gasteiger charge is -2.60. The molecule has 0 bridgehead atoms. The van der Waals surface area contributed by atoms with E-state index in [1.165, 1.54) is 11.1 Å². The summed E-state index contributed by atoms with van der Waals surface area (Å²) in [5.74, 6) is 2.15. The van der Waals surface area contributed by atoms with Gasteiger partial charge in [0.2, 0.25) is 0 Å². The van der Waals surface area contributed by atoms with E-state index in [0.29, 0.717) is 29.5 Å². The fraction of sp³-hybridized carbons (Fsp3) is 0.806. The molecule has 1 saturated heterocycles. The molecule has 4 nitrogen and oxygen atoms in total. The van der Waals surface area contributed by atoms with Crippen molar-refractivity contribution in [1.29, 1.82) is 0 Å².